The fourth-order valence-corrected chi connectivity index (χ4v) is 11.0. The third-order valence-corrected chi connectivity index (χ3v) is 14.0. The molecule has 306 valence electrons. The molecular formula is C45H44F10S2. The van der Waals surface area contributed by atoms with Crippen molar-refractivity contribution in [2.24, 2.45) is 11.8 Å². The number of rotatable bonds is 6. The Hall–Kier alpha value is -3.64. The summed E-state index contributed by atoms with van der Waals surface area (Å²) in [6.45, 7) is 4.32. The van der Waals surface area contributed by atoms with Crippen LogP contribution in [0.15, 0.2) is 54.6 Å². The van der Waals surface area contributed by atoms with Crippen molar-refractivity contribution in [1.29, 1.82) is 0 Å². The quantitative estimate of drug-likeness (QED) is 0.147. The van der Waals surface area contributed by atoms with E-state index in [2.05, 4.69) is 19.9 Å². The number of benzene rings is 4. The van der Waals surface area contributed by atoms with E-state index in [4.69, 9.17) is 0 Å². The van der Waals surface area contributed by atoms with E-state index in [0.29, 0.717) is 44.5 Å². The zero-order chi connectivity index (χ0) is 40.1. The minimum atomic E-state index is -4.78. The highest BCUT2D eigenvalue weighted by atomic mass is 32.1. The van der Waals surface area contributed by atoms with E-state index in [-0.39, 0.29) is 32.1 Å². The fourth-order valence-electron chi connectivity index (χ4n) is 8.67. The molecule has 6 aromatic rings. The highest BCUT2D eigenvalue weighted by Crippen LogP contribution is 2.46. The summed E-state index contributed by atoms with van der Waals surface area (Å²) in [5.41, 5.74) is -0.595. The Morgan fingerprint density at radius 1 is 0.544 bits per heavy atom. The number of allylic oxidation sites excluding steroid dienone is 2. The summed E-state index contributed by atoms with van der Waals surface area (Å²) >= 11 is 1.54. The molecule has 12 heteroatoms. The van der Waals surface area contributed by atoms with Crippen molar-refractivity contribution in [3.63, 3.8) is 0 Å². The van der Waals surface area contributed by atoms with Crippen LogP contribution in [-0.2, 0) is 12.4 Å². The molecule has 2 aromatic heterocycles. The smallest absolute Gasteiger partial charge is 0.205 e. The first kappa shape index (κ1) is 43.0. The van der Waals surface area contributed by atoms with Crippen LogP contribution in [0.1, 0.15) is 120 Å². The van der Waals surface area contributed by atoms with Crippen molar-refractivity contribution < 1.29 is 43.9 Å². The highest BCUT2D eigenvalue weighted by molar-refractivity contribution is 7.26. The lowest BCUT2D eigenvalue weighted by atomic mass is 9.77. The van der Waals surface area contributed by atoms with Gasteiger partial charge in [-0.15, -0.1) is 22.7 Å². The summed E-state index contributed by atoms with van der Waals surface area (Å²) < 4.78 is 138. The monoisotopic (exact) mass is 838 g/mol. The van der Waals surface area contributed by atoms with Crippen molar-refractivity contribution in [2.75, 3.05) is 0 Å². The van der Waals surface area contributed by atoms with Crippen LogP contribution in [0.4, 0.5) is 43.9 Å². The third-order valence-electron chi connectivity index (χ3n) is 11.6. The molecule has 0 spiro atoms. The van der Waals surface area contributed by atoms with Crippen molar-refractivity contribution in [3.8, 4) is 0 Å². The summed E-state index contributed by atoms with van der Waals surface area (Å²) in [6.07, 6.45) is 3.86. The van der Waals surface area contributed by atoms with E-state index >= 15 is 8.78 Å². The molecule has 1 atom stereocenters. The van der Waals surface area contributed by atoms with Crippen molar-refractivity contribution in [3.05, 3.63) is 100 Å². The molecule has 2 aliphatic rings. The summed E-state index contributed by atoms with van der Waals surface area (Å²) in [5.74, 6) is -2.05. The van der Waals surface area contributed by atoms with Crippen LogP contribution in [0.3, 0.4) is 0 Å². The second kappa shape index (κ2) is 16.9. The Bertz CT molecular complexity index is 2420. The van der Waals surface area contributed by atoms with E-state index in [0.717, 1.165) is 105 Å². The number of alkyl halides is 6. The molecule has 2 aliphatic carbocycles. The molecule has 0 bridgehead atoms. The maximum Gasteiger partial charge on any atom is 0.419 e. The predicted octanol–water partition coefficient (Wildman–Crippen LogP) is 17.4. The van der Waals surface area contributed by atoms with Gasteiger partial charge in [0.15, 0.2) is 11.6 Å². The molecule has 57 heavy (non-hydrogen) atoms. The second-order valence-corrected chi connectivity index (χ2v) is 17.2. The molecule has 0 saturated heterocycles. The van der Waals surface area contributed by atoms with E-state index in [1.54, 1.807) is 24.3 Å². The maximum absolute atomic E-state index is 15.3. The molecule has 0 amide bonds. The third kappa shape index (κ3) is 8.32. The maximum atomic E-state index is 15.3. The summed E-state index contributed by atoms with van der Waals surface area (Å²) in [5, 5.41) is 1.59. The average molecular weight is 839 g/mol. The molecule has 0 nitrogen and oxygen atoms in total. The Morgan fingerprint density at radius 3 is 1.47 bits per heavy atom. The van der Waals surface area contributed by atoms with Gasteiger partial charge < -0.3 is 0 Å². The largest absolute Gasteiger partial charge is 0.419 e. The van der Waals surface area contributed by atoms with Crippen molar-refractivity contribution in [2.45, 2.75) is 110 Å². The molecule has 0 radical (unpaired) electrons. The first-order valence-corrected chi connectivity index (χ1v) is 20.8. The zero-order valence-corrected chi connectivity index (χ0v) is 32.4. The Balaban J connectivity index is 0.000000189. The average Bonchev–Trinajstić information content (AvgIpc) is 3.74. The van der Waals surface area contributed by atoms with Crippen LogP contribution < -0.4 is 0 Å². The molecule has 8 rings (SSSR count). The van der Waals surface area contributed by atoms with Gasteiger partial charge in [0.05, 0.1) is 29.9 Å². The first-order valence-electron chi connectivity index (χ1n) is 19.1. The van der Waals surface area contributed by atoms with Gasteiger partial charge >= 0.3 is 12.4 Å². The van der Waals surface area contributed by atoms with Gasteiger partial charge in [0.1, 0.15) is 11.6 Å². The van der Waals surface area contributed by atoms with Crippen LogP contribution in [0, 0.1) is 35.1 Å². The van der Waals surface area contributed by atoms with E-state index in [1.165, 1.54) is 18.6 Å². The van der Waals surface area contributed by atoms with Gasteiger partial charge in [0.25, 0.3) is 0 Å². The van der Waals surface area contributed by atoms with Gasteiger partial charge in [-0.25, -0.2) is 17.6 Å². The number of hydrogen-bond donors (Lipinski definition) is 0. The number of fused-ring (bicyclic) bond motifs is 6. The van der Waals surface area contributed by atoms with E-state index < -0.39 is 46.7 Å². The van der Waals surface area contributed by atoms with E-state index in [9.17, 15) is 35.1 Å². The minimum Gasteiger partial charge on any atom is -0.205 e. The van der Waals surface area contributed by atoms with Crippen molar-refractivity contribution in [1.82, 2.24) is 0 Å². The molecule has 0 N–H and O–H groups in total. The van der Waals surface area contributed by atoms with Crippen LogP contribution in [0.5, 0.6) is 0 Å². The molecular weight excluding hydrogens is 795 g/mol. The van der Waals surface area contributed by atoms with Gasteiger partial charge in [-0.05, 0) is 86.0 Å². The van der Waals surface area contributed by atoms with Crippen LogP contribution >= 0.6 is 22.7 Å². The van der Waals surface area contributed by atoms with E-state index in [1.807, 2.05) is 0 Å². The normalized spacial score (nSPS) is 19.2. The minimum absolute atomic E-state index is 0. The van der Waals surface area contributed by atoms with Gasteiger partial charge in [0, 0.05) is 27.1 Å². The molecule has 2 heterocycles. The zero-order valence-electron chi connectivity index (χ0n) is 30.8. The number of thiophene rings is 2. The van der Waals surface area contributed by atoms with Gasteiger partial charge in [0.2, 0.25) is 0 Å². The highest BCUT2D eigenvalue weighted by Gasteiger charge is 2.37. The Morgan fingerprint density at radius 2 is 1.00 bits per heavy atom. The lowest BCUT2D eigenvalue weighted by Crippen LogP contribution is -2.14. The predicted molar refractivity (Wildman–Crippen MR) is 215 cm³/mol. The van der Waals surface area contributed by atoms with Crippen LogP contribution in [0.25, 0.3) is 45.9 Å². The standard InChI is InChI=1S/C22H21F5S.C22H19F5S.CH4/c2*1-2-3-12-4-6-13(7-5-12)14-8-9-15-16-10-11-17(22(25,26)27)19(24)21(16)28-20(15)18(14)23;/h8-13H,2-7H2,1H3;6,8-12H,2-5,7H2,1H3;1H4. The molecule has 1 fully saturated rings. The summed E-state index contributed by atoms with van der Waals surface area (Å²) in [4.78, 5) is 0. The Labute approximate surface area is 333 Å². The Kier molecular flexibility index (Phi) is 12.7. The second-order valence-electron chi connectivity index (χ2n) is 15.1. The molecule has 1 unspecified atom stereocenters. The van der Waals surface area contributed by atoms with Crippen LogP contribution in [0.2, 0.25) is 0 Å². The number of halogens is 10. The van der Waals surface area contributed by atoms with Gasteiger partial charge in [-0.2, -0.15) is 26.3 Å². The van der Waals surface area contributed by atoms with Crippen LogP contribution in [-0.4, -0.2) is 0 Å². The van der Waals surface area contributed by atoms with Gasteiger partial charge in [-0.1, -0.05) is 89.4 Å². The molecule has 4 aromatic carbocycles. The lowest BCUT2D eigenvalue weighted by Gasteiger charge is -2.28. The van der Waals surface area contributed by atoms with Gasteiger partial charge in [-0.3, -0.25) is 0 Å². The fraction of sp³-hybridized carbons (Fsp3) is 0.422. The lowest BCUT2D eigenvalue weighted by molar-refractivity contribution is -0.140. The first-order chi connectivity index (χ1) is 26.6. The summed E-state index contributed by atoms with van der Waals surface area (Å²) in [7, 11) is 0. The topological polar surface area (TPSA) is 0 Å². The molecule has 0 aliphatic heterocycles. The van der Waals surface area contributed by atoms with Crippen molar-refractivity contribution >= 4 is 68.6 Å². The molecule has 1 saturated carbocycles. The summed E-state index contributed by atoms with van der Waals surface area (Å²) in [6, 6.07) is 10.8. The number of hydrogen-bond acceptors (Lipinski definition) is 2. The SMILES string of the molecule is C.CCCC1CC=C(c2ccc3c(sc4c(F)c(C(F)(F)F)ccc43)c2F)CC1.CCCC1CCC(c2ccc3c(sc4c(F)c(C(F)(F)F)ccc43)c2F)CC1.